The van der Waals surface area contributed by atoms with E-state index < -0.39 is 0 Å². The predicted molar refractivity (Wildman–Crippen MR) is 87.2 cm³/mol. The molecule has 0 unspecified atom stereocenters. The summed E-state index contributed by atoms with van der Waals surface area (Å²) in [7, 11) is 0. The van der Waals surface area contributed by atoms with Gasteiger partial charge in [-0.3, -0.25) is 9.36 Å². The van der Waals surface area contributed by atoms with E-state index in [1.165, 1.54) is 0 Å². The fourth-order valence-electron chi connectivity index (χ4n) is 2.37. The van der Waals surface area contributed by atoms with E-state index in [1.54, 1.807) is 10.6 Å². The molecule has 1 aromatic heterocycles. The van der Waals surface area contributed by atoms with Crippen molar-refractivity contribution in [3.63, 3.8) is 0 Å². The van der Waals surface area contributed by atoms with Gasteiger partial charge in [0.15, 0.2) is 0 Å². The number of rotatable bonds is 2. The van der Waals surface area contributed by atoms with Gasteiger partial charge in [-0.05, 0) is 36.8 Å². The molecule has 3 aromatic rings. The van der Waals surface area contributed by atoms with Crippen molar-refractivity contribution in [2.24, 2.45) is 0 Å². The third-order valence-electron chi connectivity index (χ3n) is 3.35. The maximum absolute atomic E-state index is 12.8. The van der Waals surface area contributed by atoms with Crippen molar-refractivity contribution in [1.82, 2.24) is 4.57 Å². The van der Waals surface area contributed by atoms with E-state index >= 15 is 0 Å². The van der Waals surface area contributed by atoms with Crippen molar-refractivity contribution < 1.29 is 0 Å². The molecular weight excluding hydrogens is 282 g/mol. The van der Waals surface area contributed by atoms with Crippen LogP contribution in [0, 0.1) is 6.92 Å². The predicted octanol–water partition coefficient (Wildman–Crippen LogP) is 4.47. The second kappa shape index (κ2) is 5.58. The van der Waals surface area contributed by atoms with E-state index in [0.29, 0.717) is 10.6 Å². The van der Waals surface area contributed by atoms with E-state index in [9.17, 15) is 4.79 Å². The lowest BCUT2D eigenvalue weighted by molar-refractivity contribution is 0.980. The zero-order valence-corrected chi connectivity index (χ0v) is 12.3. The number of aryl methyl sites for hydroxylation is 1. The number of pyridine rings is 1. The molecule has 104 valence electrons. The van der Waals surface area contributed by atoms with Gasteiger partial charge in [0.25, 0.3) is 5.56 Å². The first kappa shape index (κ1) is 13.7. The minimum absolute atomic E-state index is 0.0695. The summed E-state index contributed by atoms with van der Waals surface area (Å²) >= 11 is 6.23. The first-order valence-corrected chi connectivity index (χ1v) is 7.08. The van der Waals surface area contributed by atoms with Crippen LogP contribution in [-0.4, -0.2) is 4.57 Å². The number of para-hydroxylation sites is 1. The minimum atomic E-state index is -0.0695. The van der Waals surface area contributed by atoms with Gasteiger partial charge in [0.05, 0.1) is 0 Å². The Balaban J connectivity index is 2.28. The number of aromatic nitrogens is 1. The Morgan fingerprint density at radius 1 is 0.905 bits per heavy atom. The van der Waals surface area contributed by atoms with Crippen molar-refractivity contribution in [2.45, 2.75) is 6.92 Å². The zero-order valence-electron chi connectivity index (χ0n) is 11.6. The smallest absolute Gasteiger partial charge is 0.263 e. The van der Waals surface area contributed by atoms with Gasteiger partial charge in [0, 0.05) is 28.0 Å². The molecule has 0 fully saturated rings. The van der Waals surface area contributed by atoms with Crippen LogP contribution in [0.4, 0.5) is 0 Å². The molecule has 3 rings (SSSR count). The highest BCUT2D eigenvalue weighted by Gasteiger charge is 2.11. The van der Waals surface area contributed by atoms with E-state index in [-0.39, 0.29) is 5.56 Å². The summed E-state index contributed by atoms with van der Waals surface area (Å²) in [5.41, 5.74) is 3.16. The molecule has 0 aliphatic rings. The van der Waals surface area contributed by atoms with Crippen LogP contribution in [-0.2, 0) is 0 Å². The average molecular weight is 296 g/mol. The lowest BCUT2D eigenvalue weighted by Crippen LogP contribution is -2.20. The maximum Gasteiger partial charge on any atom is 0.263 e. The third kappa shape index (κ3) is 2.63. The van der Waals surface area contributed by atoms with Crippen LogP contribution >= 0.6 is 11.6 Å². The molecule has 0 bridgehead atoms. The Morgan fingerprint density at radius 2 is 1.57 bits per heavy atom. The molecule has 0 atom stereocenters. The average Bonchev–Trinajstić information content (AvgIpc) is 2.51. The summed E-state index contributed by atoms with van der Waals surface area (Å²) < 4.78 is 1.66. The van der Waals surface area contributed by atoms with E-state index in [4.69, 9.17) is 11.6 Å². The highest BCUT2D eigenvalue weighted by molar-refractivity contribution is 6.33. The van der Waals surface area contributed by atoms with Crippen molar-refractivity contribution in [2.75, 3.05) is 0 Å². The van der Waals surface area contributed by atoms with Gasteiger partial charge in [-0.25, -0.2) is 0 Å². The molecular formula is C18H14ClNO. The van der Waals surface area contributed by atoms with Gasteiger partial charge in [-0.1, -0.05) is 48.0 Å². The van der Waals surface area contributed by atoms with Gasteiger partial charge in [0.2, 0.25) is 0 Å². The Hall–Kier alpha value is -2.32. The van der Waals surface area contributed by atoms with Gasteiger partial charge >= 0.3 is 0 Å². The highest BCUT2D eigenvalue weighted by Crippen LogP contribution is 2.25. The summed E-state index contributed by atoms with van der Waals surface area (Å²) in [6.07, 6.45) is 1.85. The first-order chi connectivity index (χ1) is 10.2. The fourth-order valence-corrected chi connectivity index (χ4v) is 2.61. The lowest BCUT2D eigenvalue weighted by Gasteiger charge is -2.11. The highest BCUT2D eigenvalue weighted by atomic mass is 35.5. The van der Waals surface area contributed by atoms with Crippen molar-refractivity contribution in [3.8, 4) is 16.8 Å². The van der Waals surface area contributed by atoms with Crippen molar-refractivity contribution in [3.05, 3.63) is 87.8 Å². The molecule has 0 saturated carbocycles. The van der Waals surface area contributed by atoms with Gasteiger partial charge in [-0.15, -0.1) is 0 Å². The number of hydrogen-bond donors (Lipinski definition) is 0. The Kier molecular flexibility index (Phi) is 3.63. The summed E-state index contributed by atoms with van der Waals surface area (Å²) in [5.74, 6) is 0. The molecule has 0 N–H and O–H groups in total. The van der Waals surface area contributed by atoms with Gasteiger partial charge in [-0.2, -0.15) is 0 Å². The van der Waals surface area contributed by atoms with E-state index in [1.807, 2.05) is 67.7 Å². The van der Waals surface area contributed by atoms with Gasteiger partial charge < -0.3 is 0 Å². The standard InChI is InChI=1S/C18H14ClNO/c1-13-11-16(15-9-5-6-10-17(15)19)18(21)20(12-13)14-7-3-2-4-8-14/h2-12H,1H3. The lowest BCUT2D eigenvalue weighted by atomic mass is 10.1. The first-order valence-electron chi connectivity index (χ1n) is 6.70. The topological polar surface area (TPSA) is 22.0 Å². The van der Waals surface area contributed by atoms with Crippen molar-refractivity contribution >= 4 is 11.6 Å². The van der Waals surface area contributed by atoms with Crippen LogP contribution in [0.3, 0.4) is 0 Å². The summed E-state index contributed by atoms with van der Waals surface area (Å²) in [4.78, 5) is 12.8. The summed E-state index contributed by atoms with van der Waals surface area (Å²) in [5, 5.41) is 0.583. The van der Waals surface area contributed by atoms with E-state index in [0.717, 1.165) is 16.8 Å². The molecule has 0 aliphatic heterocycles. The number of halogens is 1. The Bertz CT molecular complexity index is 837. The second-order valence-corrected chi connectivity index (χ2v) is 5.33. The minimum Gasteiger partial charge on any atom is -0.284 e. The molecule has 0 aliphatic carbocycles. The molecule has 3 heteroatoms. The largest absolute Gasteiger partial charge is 0.284 e. The molecule has 2 aromatic carbocycles. The zero-order chi connectivity index (χ0) is 14.8. The molecule has 0 radical (unpaired) electrons. The number of benzene rings is 2. The van der Waals surface area contributed by atoms with Crippen LogP contribution in [0.5, 0.6) is 0 Å². The fraction of sp³-hybridized carbons (Fsp3) is 0.0556. The molecule has 2 nitrogen and oxygen atoms in total. The van der Waals surface area contributed by atoms with Crippen LogP contribution in [0.1, 0.15) is 5.56 Å². The molecule has 0 spiro atoms. The molecule has 0 amide bonds. The van der Waals surface area contributed by atoms with Crippen molar-refractivity contribution in [1.29, 1.82) is 0 Å². The SMILES string of the molecule is Cc1cc(-c2ccccc2Cl)c(=O)n(-c2ccccc2)c1. The number of hydrogen-bond acceptors (Lipinski definition) is 1. The second-order valence-electron chi connectivity index (χ2n) is 4.92. The third-order valence-corrected chi connectivity index (χ3v) is 3.68. The summed E-state index contributed by atoms with van der Waals surface area (Å²) in [6, 6.07) is 18.9. The van der Waals surface area contributed by atoms with Crippen LogP contribution in [0.25, 0.3) is 16.8 Å². The number of nitrogens with zero attached hydrogens (tertiary/aromatic N) is 1. The van der Waals surface area contributed by atoms with Crippen LogP contribution in [0.2, 0.25) is 5.02 Å². The maximum atomic E-state index is 12.8. The van der Waals surface area contributed by atoms with Crippen LogP contribution < -0.4 is 5.56 Å². The normalized spacial score (nSPS) is 10.6. The summed E-state index contributed by atoms with van der Waals surface area (Å²) in [6.45, 7) is 1.97. The Morgan fingerprint density at radius 3 is 2.29 bits per heavy atom. The monoisotopic (exact) mass is 295 g/mol. The molecule has 21 heavy (non-hydrogen) atoms. The molecule has 1 heterocycles. The van der Waals surface area contributed by atoms with Crippen LogP contribution in [0.15, 0.2) is 71.7 Å². The molecule has 0 saturated heterocycles. The van der Waals surface area contributed by atoms with E-state index in [2.05, 4.69) is 0 Å². The van der Waals surface area contributed by atoms with Gasteiger partial charge in [0.1, 0.15) is 0 Å². The quantitative estimate of drug-likeness (QED) is 0.684. The Labute approximate surface area is 128 Å².